The van der Waals surface area contributed by atoms with Crippen LogP contribution in [-0.4, -0.2) is 20.9 Å². The van der Waals surface area contributed by atoms with Crippen molar-refractivity contribution in [1.82, 2.24) is 20.3 Å². The van der Waals surface area contributed by atoms with E-state index in [0.717, 1.165) is 16.9 Å². The van der Waals surface area contributed by atoms with Crippen molar-refractivity contribution in [3.8, 4) is 0 Å². The van der Waals surface area contributed by atoms with Crippen molar-refractivity contribution in [2.45, 2.75) is 26.3 Å². The number of carbonyl (C=O) groups is 1. The molecule has 0 saturated heterocycles. The van der Waals surface area contributed by atoms with Crippen molar-refractivity contribution in [1.29, 1.82) is 0 Å². The summed E-state index contributed by atoms with van der Waals surface area (Å²) in [5.74, 6) is 0.639. The highest BCUT2D eigenvalue weighted by Gasteiger charge is 2.16. The lowest BCUT2D eigenvalue weighted by Gasteiger charge is -2.15. The molecule has 2 heterocycles. The second-order valence-electron chi connectivity index (χ2n) is 6.33. The smallest absolute Gasteiger partial charge is 0.253 e. The van der Waals surface area contributed by atoms with Gasteiger partial charge in [-0.3, -0.25) is 4.79 Å². The van der Waals surface area contributed by atoms with Crippen molar-refractivity contribution in [2.24, 2.45) is 0 Å². The number of pyridine rings is 1. The lowest BCUT2D eigenvalue weighted by molar-refractivity contribution is 0.0948. The number of hydrogen-bond acceptors (Lipinski definition) is 5. The second-order valence-corrected chi connectivity index (χ2v) is 6.77. The molecule has 3 aromatic rings. The van der Waals surface area contributed by atoms with E-state index >= 15 is 0 Å². The predicted octanol–water partition coefficient (Wildman–Crippen LogP) is 4.32. The van der Waals surface area contributed by atoms with Crippen molar-refractivity contribution < 1.29 is 4.79 Å². The van der Waals surface area contributed by atoms with Crippen LogP contribution in [0.4, 0.5) is 11.5 Å². The van der Waals surface area contributed by atoms with E-state index in [2.05, 4.69) is 25.6 Å². The number of rotatable bonds is 6. The molecule has 0 spiro atoms. The molecule has 0 unspecified atom stereocenters. The molecule has 0 aliphatic rings. The maximum absolute atomic E-state index is 12.6. The fraction of sp³-hybridized carbons (Fsp3) is 0.200. The lowest BCUT2D eigenvalue weighted by Crippen LogP contribution is -2.25. The summed E-state index contributed by atoms with van der Waals surface area (Å²) >= 11 is 6.02. The van der Waals surface area contributed by atoms with E-state index in [9.17, 15) is 4.79 Å². The molecular weight excluding hydrogens is 362 g/mol. The van der Waals surface area contributed by atoms with E-state index in [-0.39, 0.29) is 11.8 Å². The van der Waals surface area contributed by atoms with Crippen molar-refractivity contribution in [3.63, 3.8) is 0 Å². The van der Waals surface area contributed by atoms with Gasteiger partial charge in [0.2, 0.25) is 0 Å². The third-order valence-electron chi connectivity index (χ3n) is 3.97. The van der Waals surface area contributed by atoms with Crippen LogP contribution in [0.2, 0.25) is 5.02 Å². The van der Waals surface area contributed by atoms with Gasteiger partial charge < -0.3 is 10.6 Å². The molecule has 0 saturated carbocycles. The van der Waals surface area contributed by atoms with Crippen LogP contribution >= 0.6 is 11.6 Å². The van der Waals surface area contributed by atoms with Crippen LogP contribution in [0.25, 0.3) is 0 Å². The first-order chi connectivity index (χ1) is 13.0. The molecule has 2 aromatic heterocycles. The number of carbonyl (C=O) groups excluding carboxylic acids is 1. The van der Waals surface area contributed by atoms with Gasteiger partial charge in [-0.05, 0) is 41.8 Å². The van der Waals surface area contributed by atoms with Gasteiger partial charge >= 0.3 is 0 Å². The number of nitrogens with one attached hydrogen (secondary N) is 2. The first-order valence-corrected chi connectivity index (χ1v) is 8.96. The van der Waals surface area contributed by atoms with Crippen LogP contribution in [0.5, 0.6) is 0 Å². The first kappa shape index (κ1) is 18.8. The molecular formula is C20H20ClN5O. The summed E-state index contributed by atoms with van der Waals surface area (Å²) in [7, 11) is 0. The number of nitrogens with zero attached hydrogens (tertiary/aromatic N) is 3. The summed E-state index contributed by atoms with van der Waals surface area (Å²) in [6.07, 6.45) is 4.70. The van der Waals surface area contributed by atoms with E-state index in [4.69, 9.17) is 11.6 Å². The molecule has 0 bridgehead atoms. The van der Waals surface area contributed by atoms with Gasteiger partial charge in [0, 0.05) is 23.1 Å². The number of halogens is 1. The van der Waals surface area contributed by atoms with Crippen LogP contribution < -0.4 is 10.6 Å². The largest absolute Gasteiger partial charge is 0.346 e. The summed E-state index contributed by atoms with van der Waals surface area (Å²) in [5.41, 5.74) is 3.05. The fourth-order valence-electron chi connectivity index (χ4n) is 2.61. The van der Waals surface area contributed by atoms with Crippen LogP contribution in [0.3, 0.4) is 0 Å². The molecule has 27 heavy (non-hydrogen) atoms. The Labute approximate surface area is 163 Å². The normalized spacial score (nSPS) is 10.7. The van der Waals surface area contributed by atoms with E-state index < -0.39 is 0 Å². The van der Waals surface area contributed by atoms with E-state index in [0.29, 0.717) is 22.9 Å². The number of benzene rings is 1. The molecule has 0 atom stereocenters. The molecule has 0 radical (unpaired) electrons. The molecule has 3 rings (SSSR count). The topological polar surface area (TPSA) is 79.8 Å². The quantitative estimate of drug-likeness (QED) is 0.664. The molecule has 0 aliphatic carbocycles. The maximum atomic E-state index is 12.6. The van der Waals surface area contributed by atoms with Gasteiger partial charge in [-0.25, -0.2) is 15.0 Å². The zero-order valence-electron chi connectivity index (χ0n) is 15.1. The summed E-state index contributed by atoms with van der Waals surface area (Å²) < 4.78 is 0. The number of hydrogen-bond donors (Lipinski definition) is 2. The summed E-state index contributed by atoms with van der Waals surface area (Å²) in [6.45, 7) is 4.42. The van der Waals surface area contributed by atoms with Crippen molar-refractivity contribution >= 4 is 29.0 Å². The van der Waals surface area contributed by atoms with E-state index in [1.807, 2.05) is 44.2 Å². The Balaban J connectivity index is 1.78. The minimum atomic E-state index is -0.181. The molecule has 138 valence electrons. The molecule has 0 fully saturated rings. The van der Waals surface area contributed by atoms with Gasteiger partial charge in [-0.1, -0.05) is 31.5 Å². The first-order valence-electron chi connectivity index (χ1n) is 8.58. The third kappa shape index (κ3) is 5.01. The van der Waals surface area contributed by atoms with Crippen LogP contribution in [0, 0.1) is 0 Å². The van der Waals surface area contributed by atoms with Gasteiger partial charge in [0.15, 0.2) is 0 Å². The standard InChI is InChI=1S/C20H20ClN5O/c1-13(2)17-9-19(26-15-5-3-4-14(21)8-15)23-11-18(17)20(27)24-10-16-6-7-22-12-25-16/h3-9,11-13H,10H2,1-2H3,(H,23,26)(H,24,27). The summed E-state index contributed by atoms with van der Waals surface area (Å²) in [4.78, 5) is 25.0. The molecule has 2 N–H and O–H groups in total. The average molecular weight is 382 g/mol. The van der Waals surface area contributed by atoms with E-state index in [1.54, 1.807) is 18.5 Å². The van der Waals surface area contributed by atoms with Crippen LogP contribution in [0.15, 0.2) is 55.1 Å². The Morgan fingerprint density at radius 1 is 1.19 bits per heavy atom. The predicted molar refractivity (Wildman–Crippen MR) is 106 cm³/mol. The van der Waals surface area contributed by atoms with Crippen molar-refractivity contribution in [2.75, 3.05) is 5.32 Å². The average Bonchev–Trinajstić information content (AvgIpc) is 2.67. The monoisotopic (exact) mass is 381 g/mol. The molecule has 0 aliphatic heterocycles. The maximum Gasteiger partial charge on any atom is 0.253 e. The highest BCUT2D eigenvalue weighted by atomic mass is 35.5. The zero-order chi connectivity index (χ0) is 19.2. The third-order valence-corrected chi connectivity index (χ3v) is 4.21. The zero-order valence-corrected chi connectivity index (χ0v) is 15.9. The van der Waals surface area contributed by atoms with Gasteiger partial charge in [0.25, 0.3) is 5.91 Å². The Kier molecular flexibility index (Phi) is 5.98. The molecule has 1 amide bonds. The number of amides is 1. The lowest BCUT2D eigenvalue weighted by atomic mass is 9.98. The molecule has 7 heteroatoms. The Morgan fingerprint density at radius 2 is 2.04 bits per heavy atom. The summed E-state index contributed by atoms with van der Waals surface area (Å²) in [6, 6.07) is 11.1. The Bertz CT molecular complexity index is 931. The highest BCUT2D eigenvalue weighted by Crippen LogP contribution is 2.25. The highest BCUT2D eigenvalue weighted by molar-refractivity contribution is 6.30. The number of anilines is 2. The minimum Gasteiger partial charge on any atom is -0.346 e. The van der Waals surface area contributed by atoms with E-state index in [1.165, 1.54) is 6.33 Å². The van der Waals surface area contributed by atoms with Crippen molar-refractivity contribution in [3.05, 3.63) is 77.0 Å². The van der Waals surface area contributed by atoms with Crippen LogP contribution in [-0.2, 0) is 6.54 Å². The van der Waals surface area contributed by atoms with Gasteiger partial charge in [-0.2, -0.15) is 0 Å². The second kappa shape index (κ2) is 8.60. The minimum absolute atomic E-state index is 0.160. The van der Waals surface area contributed by atoms with Crippen LogP contribution in [0.1, 0.15) is 41.4 Å². The Morgan fingerprint density at radius 3 is 2.74 bits per heavy atom. The van der Waals surface area contributed by atoms with Gasteiger partial charge in [0.1, 0.15) is 12.1 Å². The fourth-order valence-corrected chi connectivity index (χ4v) is 2.80. The number of aromatic nitrogens is 3. The Hall–Kier alpha value is -2.99. The SMILES string of the molecule is CC(C)c1cc(Nc2cccc(Cl)c2)ncc1C(=O)NCc1ccncn1. The van der Waals surface area contributed by atoms with Gasteiger partial charge in [-0.15, -0.1) is 0 Å². The molecule has 1 aromatic carbocycles. The molecule has 6 nitrogen and oxygen atoms in total. The summed E-state index contributed by atoms with van der Waals surface area (Å²) in [5, 5.41) is 6.74. The van der Waals surface area contributed by atoms with Gasteiger partial charge in [0.05, 0.1) is 17.8 Å².